The van der Waals surface area contributed by atoms with E-state index < -0.39 is 0 Å². The maximum absolute atomic E-state index is 5.06. The average molecular weight is 646 g/mol. The first-order valence-corrected chi connectivity index (χ1v) is 16.9. The number of hydrogen-bond donors (Lipinski definition) is 0. The van der Waals surface area contributed by atoms with Crippen LogP contribution in [0.3, 0.4) is 0 Å². The summed E-state index contributed by atoms with van der Waals surface area (Å²) in [6.07, 6.45) is 0. The molecule has 0 fully saturated rings. The van der Waals surface area contributed by atoms with Crippen LogP contribution in [0.25, 0.3) is 88.2 Å². The standard InChI is InChI=1S/C43H27N5S/c1-4-13-30(14-5-1)40-44-36(29-25-23-28(24-26-29)33-20-12-21-35-34-19-10-11-22-38(34)49-39(33)35)27-37(45-40)43-47-41(31-15-6-2-7-16-31)46-42(48-43)32-17-8-3-9-18-32/h1-27H. The molecule has 0 aliphatic heterocycles. The zero-order valence-corrected chi connectivity index (χ0v) is 27.0. The van der Waals surface area contributed by atoms with Crippen LogP contribution in [0.2, 0.25) is 0 Å². The first kappa shape index (κ1) is 28.8. The molecule has 0 saturated carbocycles. The van der Waals surface area contributed by atoms with Crippen LogP contribution < -0.4 is 0 Å². The maximum Gasteiger partial charge on any atom is 0.182 e. The Morgan fingerprint density at radius 2 is 0.816 bits per heavy atom. The van der Waals surface area contributed by atoms with Crippen LogP contribution >= 0.6 is 11.3 Å². The number of hydrogen-bond acceptors (Lipinski definition) is 6. The average Bonchev–Trinajstić information content (AvgIpc) is 3.58. The molecule has 0 atom stereocenters. The van der Waals surface area contributed by atoms with Crippen molar-refractivity contribution in [1.29, 1.82) is 0 Å². The summed E-state index contributed by atoms with van der Waals surface area (Å²) in [7, 11) is 0. The highest BCUT2D eigenvalue weighted by Crippen LogP contribution is 2.40. The molecule has 0 bridgehead atoms. The SMILES string of the molecule is c1ccc(-c2nc(-c3ccc(-c4cccc5c4sc4ccccc45)cc3)cc(-c3nc(-c4ccccc4)nc(-c4ccccc4)n3)n2)cc1. The van der Waals surface area contributed by atoms with Crippen molar-refractivity contribution in [3.63, 3.8) is 0 Å². The predicted octanol–water partition coefficient (Wildman–Crippen LogP) is 11.0. The van der Waals surface area contributed by atoms with Crippen LogP contribution in [0.4, 0.5) is 0 Å². The van der Waals surface area contributed by atoms with Gasteiger partial charge >= 0.3 is 0 Å². The van der Waals surface area contributed by atoms with Gasteiger partial charge in [0.2, 0.25) is 0 Å². The Kier molecular flexibility index (Phi) is 7.26. The van der Waals surface area contributed by atoms with Crippen LogP contribution in [0.5, 0.6) is 0 Å². The van der Waals surface area contributed by atoms with Crippen molar-refractivity contribution in [2.45, 2.75) is 0 Å². The smallest absolute Gasteiger partial charge is 0.182 e. The molecule has 6 aromatic carbocycles. The number of rotatable bonds is 6. The largest absolute Gasteiger partial charge is 0.228 e. The molecule has 0 unspecified atom stereocenters. The van der Waals surface area contributed by atoms with E-state index >= 15 is 0 Å². The second-order valence-electron chi connectivity index (χ2n) is 11.7. The summed E-state index contributed by atoms with van der Waals surface area (Å²) in [6, 6.07) is 55.8. The van der Waals surface area contributed by atoms with Gasteiger partial charge in [-0.25, -0.2) is 24.9 Å². The monoisotopic (exact) mass is 645 g/mol. The quantitative estimate of drug-likeness (QED) is 0.180. The number of aromatic nitrogens is 5. The van der Waals surface area contributed by atoms with Gasteiger partial charge in [-0.2, -0.15) is 0 Å². The molecule has 49 heavy (non-hydrogen) atoms. The van der Waals surface area contributed by atoms with Gasteiger partial charge in [0, 0.05) is 42.4 Å². The first-order valence-electron chi connectivity index (χ1n) is 16.1. The van der Waals surface area contributed by atoms with E-state index in [0.29, 0.717) is 29.0 Å². The number of thiophene rings is 1. The number of nitrogens with zero attached hydrogens (tertiary/aromatic N) is 5. The van der Waals surface area contributed by atoms with E-state index in [1.54, 1.807) is 0 Å². The highest BCUT2D eigenvalue weighted by molar-refractivity contribution is 7.26. The molecule has 0 amide bonds. The molecule has 3 aromatic heterocycles. The van der Waals surface area contributed by atoms with E-state index in [1.807, 2.05) is 108 Å². The minimum atomic E-state index is 0.488. The van der Waals surface area contributed by atoms with E-state index in [4.69, 9.17) is 24.9 Å². The van der Waals surface area contributed by atoms with Gasteiger partial charge in [-0.3, -0.25) is 0 Å². The van der Waals surface area contributed by atoms with Crippen LogP contribution in [0.1, 0.15) is 0 Å². The second kappa shape index (κ2) is 12.3. The zero-order chi connectivity index (χ0) is 32.6. The second-order valence-corrected chi connectivity index (χ2v) is 12.8. The fraction of sp³-hybridized carbons (Fsp3) is 0. The minimum Gasteiger partial charge on any atom is -0.228 e. The van der Waals surface area contributed by atoms with Crippen molar-refractivity contribution < 1.29 is 0 Å². The summed E-state index contributed by atoms with van der Waals surface area (Å²) in [6.45, 7) is 0. The third-order valence-corrected chi connectivity index (χ3v) is 9.80. The maximum atomic E-state index is 5.06. The van der Waals surface area contributed by atoms with Crippen molar-refractivity contribution in [1.82, 2.24) is 24.9 Å². The Morgan fingerprint density at radius 1 is 0.327 bits per heavy atom. The van der Waals surface area contributed by atoms with E-state index in [9.17, 15) is 0 Å². The summed E-state index contributed by atoms with van der Waals surface area (Å²) >= 11 is 1.84. The molecule has 0 aliphatic carbocycles. The van der Waals surface area contributed by atoms with Crippen molar-refractivity contribution in [2.24, 2.45) is 0 Å². The lowest BCUT2D eigenvalue weighted by Crippen LogP contribution is -2.03. The van der Waals surface area contributed by atoms with Gasteiger partial charge < -0.3 is 0 Å². The van der Waals surface area contributed by atoms with Crippen LogP contribution in [0.15, 0.2) is 164 Å². The van der Waals surface area contributed by atoms with Gasteiger partial charge in [0.1, 0.15) is 5.69 Å². The molecule has 0 radical (unpaired) electrons. The minimum absolute atomic E-state index is 0.488. The fourth-order valence-corrected chi connectivity index (χ4v) is 7.38. The van der Waals surface area contributed by atoms with Gasteiger partial charge in [0.25, 0.3) is 0 Å². The Hall–Kier alpha value is -6.37. The summed E-state index contributed by atoms with van der Waals surface area (Å²) in [5.74, 6) is 2.27. The molecule has 3 heterocycles. The highest BCUT2D eigenvalue weighted by Gasteiger charge is 2.17. The normalized spacial score (nSPS) is 11.3. The fourth-order valence-electron chi connectivity index (χ4n) is 6.14. The summed E-state index contributed by atoms with van der Waals surface area (Å²) in [5.41, 5.74) is 7.52. The van der Waals surface area contributed by atoms with E-state index in [0.717, 1.165) is 33.5 Å². The molecule has 6 heteroatoms. The third kappa shape index (κ3) is 5.54. The lowest BCUT2D eigenvalue weighted by molar-refractivity contribution is 1.05. The van der Waals surface area contributed by atoms with Gasteiger partial charge in [0.15, 0.2) is 23.3 Å². The Balaban J connectivity index is 1.18. The van der Waals surface area contributed by atoms with Crippen LogP contribution in [-0.2, 0) is 0 Å². The summed E-state index contributed by atoms with van der Waals surface area (Å²) < 4.78 is 2.60. The van der Waals surface area contributed by atoms with E-state index in [2.05, 4.69) is 66.7 Å². The van der Waals surface area contributed by atoms with E-state index in [1.165, 1.54) is 25.7 Å². The third-order valence-electron chi connectivity index (χ3n) is 8.58. The van der Waals surface area contributed by atoms with Crippen molar-refractivity contribution in [2.75, 3.05) is 0 Å². The zero-order valence-electron chi connectivity index (χ0n) is 26.2. The molecular weight excluding hydrogens is 619 g/mol. The molecule has 0 aliphatic rings. The van der Waals surface area contributed by atoms with Gasteiger partial charge in [-0.1, -0.05) is 152 Å². The Morgan fingerprint density at radius 3 is 1.45 bits per heavy atom. The molecular formula is C43H27N5S. The van der Waals surface area contributed by atoms with Gasteiger partial charge in [-0.15, -0.1) is 11.3 Å². The summed E-state index contributed by atoms with van der Waals surface area (Å²) in [5, 5.41) is 2.59. The lowest BCUT2D eigenvalue weighted by atomic mass is 10.0. The Labute approximate surface area is 287 Å². The van der Waals surface area contributed by atoms with Gasteiger partial charge in [-0.05, 0) is 23.3 Å². The molecule has 0 spiro atoms. The lowest BCUT2D eigenvalue weighted by Gasteiger charge is -2.11. The molecule has 230 valence electrons. The van der Waals surface area contributed by atoms with Crippen molar-refractivity contribution in [3.8, 4) is 68.1 Å². The highest BCUT2D eigenvalue weighted by atomic mass is 32.1. The number of benzene rings is 6. The first-order chi connectivity index (χ1) is 24.3. The molecule has 9 aromatic rings. The molecule has 5 nitrogen and oxygen atoms in total. The van der Waals surface area contributed by atoms with Crippen LogP contribution in [-0.4, -0.2) is 24.9 Å². The van der Waals surface area contributed by atoms with Crippen molar-refractivity contribution in [3.05, 3.63) is 164 Å². The van der Waals surface area contributed by atoms with Gasteiger partial charge in [0.05, 0.1) is 5.69 Å². The van der Waals surface area contributed by atoms with E-state index in [-0.39, 0.29) is 0 Å². The number of fused-ring (bicyclic) bond motifs is 3. The summed E-state index contributed by atoms with van der Waals surface area (Å²) in [4.78, 5) is 24.9. The van der Waals surface area contributed by atoms with Crippen LogP contribution in [0, 0.1) is 0 Å². The molecule has 0 saturated heterocycles. The predicted molar refractivity (Wildman–Crippen MR) is 201 cm³/mol. The topological polar surface area (TPSA) is 64.5 Å². The van der Waals surface area contributed by atoms with Crippen molar-refractivity contribution >= 4 is 31.5 Å². The Bertz CT molecular complexity index is 2530. The molecule has 9 rings (SSSR count). The molecule has 0 N–H and O–H groups in total.